The van der Waals surface area contributed by atoms with Gasteiger partial charge in [0.05, 0.1) is 11.2 Å². The van der Waals surface area contributed by atoms with Crippen LogP contribution in [-0.2, 0) is 6.54 Å². The number of nitrogens with one attached hydrogen (secondary N) is 2. The third-order valence-electron chi connectivity index (χ3n) is 3.63. The molecule has 1 aliphatic heterocycles. The lowest BCUT2D eigenvalue weighted by atomic mass is 9.77. The Kier molecular flexibility index (Phi) is 4.95. The summed E-state index contributed by atoms with van der Waals surface area (Å²) in [6.45, 7) is 6.68. The van der Waals surface area contributed by atoms with Gasteiger partial charge in [-0.15, -0.1) is 11.3 Å². The largest absolute Gasteiger partial charge is 0.316 e. The van der Waals surface area contributed by atoms with Gasteiger partial charge in [0.2, 0.25) is 0 Å². The van der Waals surface area contributed by atoms with Crippen molar-refractivity contribution in [2.24, 2.45) is 5.41 Å². The summed E-state index contributed by atoms with van der Waals surface area (Å²) in [5.41, 5.74) is 3.55. The average molecular weight is 253 g/mol. The minimum Gasteiger partial charge on any atom is -0.316 e. The summed E-state index contributed by atoms with van der Waals surface area (Å²) < 4.78 is 0. The van der Waals surface area contributed by atoms with Gasteiger partial charge in [-0.3, -0.25) is 0 Å². The molecule has 1 unspecified atom stereocenters. The Balaban J connectivity index is 1.80. The maximum Gasteiger partial charge on any atom is 0.0795 e. The molecular formula is C13H23N3S. The normalized spacial score (nSPS) is 25.0. The standard InChI is InChI=1S/C13H23N3S/c1-2-4-13(5-3-6-14-9-13)10-15-7-12-8-17-11-16-12/h8,11,14-15H,2-7,9-10H2,1H3. The minimum atomic E-state index is 0.475. The van der Waals surface area contributed by atoms with Crippen LogP contribution in [0, 0.1) is 5.41 Å². The van der Waals surface area contributed by atoms with Crippen molar-refractivity contribution in [1.29, 1.82) is 0 Å². The summed E-state index contributed by atoms with van der Waals surface area (Å²) in [5.74, 6) is 0. The van der Waals surface area contributed by atoms with Gasteiger partial charge in [0, 0.05) is 25.0 Å². The molecule has 1 aromatic rings. The predicted octanol–water partition coefficient (Wildman–Crippen LogP) is 2.40. The first-order valence-corrected chi connectivity index (χ1v) is 7.57. The molecule has 1 fully saturated rings. The number of aromatic nitrogens is 1. The molecule has 0 saturated carbocycles. The fourth-order valence-electron chi connectivity index (χ4n) is 2.79. The van der Waals surface area contributed by atoms with E-state index in [-0.39, 0.29) is 0 Å². The van der Waals surface area contributed by atoms with Crippen LogP contribution in [0.2, 0.25) is 0 Å². The molecule has 0 radical (unpaired) electrons. The fraction of sp³-hybridized carbons (Fsp3) is 0.769. The van der Waals surface area contributed by atoms with Crippen LogP contribution in [0.5, 0.6) is 0 Å². The Morgan fingerprint density at radius 3 is 3.18 bits per heavy atom. The molecule has 0 aliphatic carbocycles. The summed E-state index contributed by atoms with van der Waals surface area (Å²) in [4.78, 5) is 4.31. The van der Waals surface area contributed by atoms with E-state index < -0.39 is 0 Å². The Labute approximate surface area is 108 Å². The zero-order chi connectivity index (χ0) is 12.0. The number of hydrogen-bond acceptors (Lipinski definition) is 4. The van der Waals surface area contributed by atoms with E-state index in [1.54, 1.807) is 11.3 Å². The molecule has 0 spiro atoms. The van der Waals surface area contributed by atoms with E-state index in [2.05, 4.69) is 27.9 Å². The third kappa shape index (κ3) is 3.76. The highest BCUT2D eigenvalue weighted by molar-refractivity contribution is 7.07. The van der Waals surface area contributed by atoms with E-state index in [9.17, 15) is 0 Å². The molecule has 0 amide bonds. The zero-order valence-electron chi connectivity index (χ0n) is 10.7. The van der Waals surface area contributed by atoms with E-state index in [0.717, 1.165) is 13.1 Å². The van der Waals surface area contributed by atoms with Crippen molar-refractivity contribution in [3.8, 4) is 0 Å². The van der Waals surface area contributed by atoms with Crippen molar-refractivity contribution in [2.45, 2.75) is 39.2 Å². The lowest BCUT2D eigenvalue weighted by molar-refractivity contribution is 0.182. The molecule has 96 valence electrons. The summed E-state index contributed by atoms with van der Waals surface area (Å²) in [6.07, 6.45) is 5.28. The number of nitrogens with zero attached hydrogens (tertiary/aromatic N) is 1. The van der Waals surface area contributed by atoms with E-state index >= 15 is 0 Å². The van der Waals surface area contributed by atoms with E-state index in [0.29, 0.717) is 5.41 Å². The molecule has 0 aromatic carbocycles. The van der Waals surface area contributed by atoms with Crippen molar-refractivity contribution in [2.75, 3.05) is 19.6 Å². The zero-order valence-corrected chi connectivity index (χ0v) is 11.5. The number of hydrogen-bond donors (Lipinski definition) is 2. The molecule has 2 heterocycles. The molecule has 2 rings (SSSR count). The minimum absolute atomic E-state index is 0.475. The summed E-state index contributed by atoms with van der Waals surface area (Å²) in [7, 11) is 0. The molecule has 3 nitrogen and oxygen atoms in total. The van der Waals surface area contributed by atoms with Gasteiger partial charge in [0.25, 0.3) is 0 Å². The molecular weight excluding hydrogens is 230 g/mol. The fourth-order valence-corrected chi connectivity index (χ4v) is 3.35. The van der Waals surface area contributed by atoms with Gasteiger partial charge in [-0.1, -0.05) is 13.3 Å². The summed E-state index contributed by atoms with van der Waals surface area (Å²) in [6, 6.07) is 0. The summed E-state index contributed by atoms with van der Waals surface area (Å²) in [5, 5.41) is 9.26. The van der Waals surface area contributed by atoms with Crippen molar-refractivity contribution in [1.82, 2.24) is 15.6 Å². The first kappa shape index (κ1) is 13.0. The molecule has 17 heavy (non-hydrogen) atoms. The second-order valence-corrected chi connectivity index (χ2v) is 5.83. The van der Waals surface area contributed by atoms with Crippen LogP contribution in [0.15, 0.2) is 10.9 Å². The van der Waals surface area contributed by atoms with Gasteiger partial charge in [-0.2, -0.15) is 0 Å². The van der Waals surface area contributed by atoms with Crippen LogP contribution in [0.1, 0.15) is 38.3 Å². The van der Waals surface area contributed by atoms with E-state index in [4.69, 9.17) is 0 Å². The molecule has 4 heteroatoms. The third-order valence-corrected chi connectivity index (χ3v) is 4.27. The van der Waals surface area contributed by atoms with Crippen LogP contribution in [0.4, 0.5) is 0 Å². The molecule has 2 N–H and O–H groups in total. The first-order chi connectivity index (χ1) is 8.35. The SMILES string of the molecule is CCCC1(CNCc2cscn2)CCCNC1. The van der Waals surface area contributed by atoms with Crippen molar-refractivity contribution in [3.05, 3.63) is 16.6 Å². The molecule has 1 aliphatic rings. The second-order valence-electron chi connectivity index (χ2n) is 5.11. The van der Waals surface area contributed by atoms with Crippen LogP contribution >= 0.6 is 11.3 Å². The van der Waals surface area contributed by atoms with E-state index in [1.807, 2.05) is 5.51 Å². The van der Waals surface area contributed by atoms with Crippen LogP contribution in [0.3, 0.4) is 0 Å². The van der Waals surface area contributed by atoms with Gasteiger partial charge in [0.15, 0.2) is 0 Å². The maximum absolute atomic E-state index is 4.31. The van der Waals surface area contributed by atoms with Crippen molar-refractivity contribution >= 4 is 11.3 Å². The monoisotopic (exact) mass is 253 g/mol. The number of thiazole rings is 1. The average Bonchev–Trinajstić information content (AvgIpc) is 2.84. The van der Waals surface area contributed by atoms with Crippen LogP contribution in [-0.4, -0.2) is 24.6 Å². The van der Waals surface area contributed by atoms with Gasteiger partial charge >= 0.3 is 0 Å². The Hall–Kier alpha value is -0.450. The molecule has 0 bridgehead atoms. The summed E-state index contributed by atoms with van der Waals surface area (Å²) >= 11 is 1.67. The van der Waals surface area contributed by atoms with Gasteiger partial charge < -0.3 is 10.6 Å². The molecule has 1 atom stereocenters. The van der Waals surface area contributed by atoms with E-state index in [1.165, 1.54) is 44.5 Å². The highest BCUT2D eigenvalue weighted by Gasteiger charge is 2.30. The van der Waals surface area contributed by atoms with Gasteiger partial charge in [-0.05, 0) is 31.2 Å². The Morgan fingerprint density at radius 1 is 1.59 bits per heavy atom. The lowest BCUT2D eigenvalue weighted by Gasteiger charge is -2.38. The van der Waals surface area contributed by atoms with Gasteiger partial charge in [-0.25, -0.2) is 4.98 Å². The first-order valence-electron chi connectivity index (χ1n) is 6.63. The smallest absolute Gasteiger partial charge is 0.0795 e. The number of rotatable bonds is 6. The van der Waals surface area contributed by atoms with Crippen molar-refractivity contribution in [3.63, 3.8) is 0 Å². The topological polar surface area (TPSA) is 37.0 Å². The molecule has 1 saturated heterocycles. The van der Waals surface area contributed by atoms with Crippen molar-refractivity contribution < 1.29 is 0 Å². The highest BCUT2D eigenvalue weighted by Crippen LogP contribution is 2.30. The quantitative estimate of drug-likeness (QED) is 0.817. The Morgan fingerprint density at radius 2 is 2.53 bits per heavy atom. The van der Waals surface area contributed by atoms with Gasteiger partial charge in [0.1, 0.15) is 0 Å². The van der Waals surface area contributed by atoms with Crippen LogP contribution < -0.4 is 10.6 Å². The van der Waals surface area contributed by atoms with Crippen LogP contribution in [0.25, 0.3) is 0 Å². The number of piperidine rings is 1. The Bertz CT molecular complexity index is 299. The highest BCUT2D eigenvalue weighted by atomic mass is 32.1. The predicted molar refractivity (Wildman–Crippen MR) is 73.3 cm³/mol. The molecule has 1 aromatic heterocycles. The maximum atomic E-state index is 4.31. The lowest BCUT2D eigenvalue weighted by Crippen LogP contribution is -2.46. The second kappa shape index (κ2) is 6.47.